The number of Topliss-reactive ketones (excluding diaryl/α,β-unsaturated/α-hetero) is 2. The number of ether oxygens (including phenoxy) is 4. The molecule has 6 N–H and O–H groups in total. The van der Waals surface area contributed by atoms with Crippen LogP contribution >= 0.6 is 15.9 Å². The van der Waals surface area contributed by atoms with E-state index in [1.165, 1.54) is 21.0 Å². The summed E-state index contributed by atoms with van der Waals surface area (Å²) < 4.78 is 28.0. The number of alkyl halides is 1. The van der Waals surface area contributed by atoms with E-state index in [-0.39, 0.29) is 90.6 Å². The molecule has 4 unspecified atom stereocenters. The molecule has 9 aromatic rings. The molecule has 0 bridgehead atoms. The van der Waals surface area contributed by atoms with Gasteiger partial charge in [0, 0.05) is 28.8 Å². The van der Waals surface area contributed by atoms with Crippen LogP contribution in [0.3, 0.4) is 0 Å². The highest BCUT2D eigenvalue weighted by Gasteiger charge is 2.37. The van der Waals surface area contributed by atoms with Crippen LogP contribution < -0.4 is 11.5 Å². The monoisotopic (exact) mass is 1540 g/mol. The number of esters is 1. The Bertz CT molecular complexity index is 4560. The summed E-state index contributed by atoms with van der Waals surface area (Å²) in [5.41, 5.74) is 31.1. The first-order valence-corrected chi connectivity index (χ1v) is 36.7. The molecule has 0 saturated carbocycles. The van der Waals surface area contributed by atoms with Crippen molar-refractivity contribution in [2.24, 2.45) is 5.11 Å². The highest BCUT2D eigenvalue weighted by molar-refractivity contribution is 9.09. The van der Waals surface area contributed by atoms with Gasteiger partial charge in [-0.2, -0.15) is 20.1 Å². The lowest BCUT2D eigenvalue weighted by molar-refractivity contribution is -0.191. The first kappa shape index (κ1) is 89.7. The Hall–Kier alpha value is -11.6. The Morgan fingerprint density at radius 2 is 1.12 bits per heavy atom. The molecule has 0 amide bonds. The number of azide groups is 1. The van der Waals surface area contributed by atoms with Gasteiger partial charge in [0.2, 0.25) is 11.9 Å². The third-order valence-corrected chi connectivity index (χ3v) is 19.9. The lowest BCUT2D eigenvalue weighted by Crippen LogP contribution is -2.40. The number of hydrogen-bond acceptors (Lipinski definition) is 27. The summed E-state index contributed by atoms with van der Waals surface area (Å²) in [6, 6.07) is 44.1. The molecule has 560 valence electrons. The zero-order valence-electron chi connectivity index (χ0n) is 61.8. The van der Waals surface area contributed by atoms with Crippen LogP contribution in [0.5, 0.6) is 0 Å². The smallest absolute Gasteiger partial charge is 0.373 e. The molecular formula is C75H87BrN18O12Si. The minimum Gasteiger partial charge on any atom is -0.468 e. The van der Waals surface area contributed by atoms with E-state index in [9.17, 15) is 19.5 Å². The number of carbonyl (C=O) groups is 3. The van der Waals surface area contributed by atoms with E-state index in [1.54, 1.807) is 85.6 Å². The van der Waals surface area contributed by atoms with Crippen LogP contribution in [-0.2, 0) is 73.6 Å². The van der Waals surface area contributed by atoms with Gasteiger partial charge in [-0.25, -0.2) is 24.6 Å². The second-order valence-corrected chi connectivity index (χ2v) is 29.7. The Kier molecular flexibility index (Phi) is 39.4. The van der Waals surface area contributed by atoms with Gasteiger partial charge < -0.3 is 45.1 Å². The molecule has 30 nitrogen and oxygen atoms in total. The normalized spacial score (nSPS) is 11.4. The van der Waals surface area contributed by atoms with E-state index >= 15 is 0 Å². The summed E-state index contributed by atoms with van der Waals surface area (Å²) >= 11 is 2.90. The van der Waals surface area contributed by atoms with E-state index in [4.69, 9.17) is 67.3 Å². The third kappa shape index (κ3) is 33.0. The third-order valence-electron chi connectivity index (χ3n) is 14.9. The highest BCUT2D eigenvalue weighted by Crippen LogP contribution is 2.37. The number of aliphatic hydroxyl groups excluding tert-OH is 2. The maximum absolute atomic E-state index is 10.8. The molecule has 0 aliphatic carbocycles. The lowest BCUT2D eigenvalue weighted by atomic mass is 10.1. The Balaban J connectivity index is 0.000000346. The van der Waals surface area contributed by atoms with Crippen LogP contribution in [0.2, 0.25) is 18.1 Å². The number of ketones is 2. The van der Waals surface area contributed by atoms with E-state index in [0.29, 0.717) is 69.8 Å². The van der Waals surface area contributed by atoms with E-state index < -0.39 is 14.4 Å². The predicted octanol–water partition coefficient (Wildman–Crippen LogP) is 12.0. The van der Waals surface area contributed by atoms with Gasteiger partial charge in [-0.15, -0.1) is 11.5 Å². The van der Waals surface area contributed by atoms with Gasteiger partial charge in [0.25, 0.3) is 0 Å². The van der Waals surface area contributed by atoms with Gasteiger partial charge in [-0.1, -0.05) is 101 Å². The number of carbonyl (C=O) groups excluding carboxylic acids is 5. The first-order chi connectivity index (χ1) is 50.9. The summed E-state index contributed by atoms with van der Waals surface area (Å²) in [5, 5.41) is 48.7. The number of methoxy groups -OCH3 is 2. The molecule has 4 atom stereocenters. The number of nitrogen functional groups attached to an aromatic ring is 2. The fourth-order valence-corrected chi connectivity index (χ4v) is 9.41. The van der Waals surface area contributed by atoms with Crippen molar-refractivity contribution in [3.8, 4) is 58.4 Å². The number of nitrogens with two attached hydrogens (primary N) is 2. The molecule has 0 aliphatic heterocycles. The van der Waals surface area contributed by atoms with Crippen molar-refractivity contribution in [1.82, 2.24) is 54.9 Å². The molecule has 0 aliphatic rings. The van der Waals surface area contributed by atoms with Gasteiger partial charge in [-0.3, -0.25) is 34.3 Å². The summed E-state index contributed by atoms with van der Waals surface area (Å²) in [4.78, 5) is 84.4. The maximum atomic E-state index is 10.8. The SMILES string of the molecule is C#Cc1cc(-c2cccc(C#N)c2)nc(N)n1.CC(=O)COC(C)c1cccc(CN=[N+]=[N-])n1.CC(=O)COC(C)c1cccc(CO)n1.CC(O)c1cccc(CO[Si](C)(C)C(C)(C)C)n1.COC(=O)CBr.COC(C)c1cccc(Cn2cc(-c3cc(-c4cccc(C#N)c4)nc(N)n3)nn2)n1.O=C=O. The van der Waals surface area contributed by atoms with Crippen molar-refractivity contribution in [2.45, 2.75) is 131 Å². The molecule has 7 heterocycles. The molecule has 0 fully saturated rings. The summed E-state index contributed by atoms with van der Waals surface area (Å²) in [6.45, 7) is 22.6. The van der Waals surface area contributed by atoms with Gasteiger partial charge >= 0.3 is 12.1 Å². The Labute approximate surface area is 630 Å². The van der Waals surface area contributed by atoms with Crippen molar-refractivity contribution in [3.05, 3.63) is 212 Å². The number of terminal acetylenes is 1. The molecule has 9 rings (SSSR count). The van der Waals surface area contributed by atoms with Crippen molar-refractivity contribution >= 4 is 59.8 Å². The second-order valence-electron chi connectivity index (χ2n) is 24.3. The average molecular weight is 1540 g/mol. The minimum atomic E-state index is -1.73. The number of rotatable bonds is 23. The van der Waals surface area contributed by atoms with Crippen molar-refractivity contribution in [2.75, 3.05) is 44.2 Å². The number of pyridine rings is 4. The van der Waals surface area contributed by atoms with Crippen molar-refractivity contribution < 1.29 is 57.6 Å². The number of aliphatic hydroxyl groups is 2. The topological polar surface area (TPSA) is 454 Å². The van der Waals surface area contributed by atoms with Gasteiger partial charge in [0.1, 0.15) is 29.9 Å². The average Bonchev–Trinajstić information content (AvgIpc) is 1.81. The first-order valence-electron chi connectivity index (χ1n) is 32.7. The molecule has 107 heavy (non-hydrogen) atoms. The number of benzene rings is 2. The zero-order chi connectivity index (χ0) is 79.7. The van der Waals surface area contributed by atoms with Crippen LogP contribution in [0, 0.1) is 35.0 Å². The minimum absolute atomic E-state index is 0.0137. The van der Waals surface area contributed by atoms with Gasteiger partial charge in [0.15, 0.2) is 19.9 Å². The summed E-state index contributed by atoms with van der Waals surface area (Å²) in [7, 11) is 1.27. The number of nitrogens with zero attached hydrogens (tertiary/aromatic N) is 16. The standard InChI is InChI=1S/C22H20N8O.C14H25NO2Si.C13H8N4.C11H14N4O2.C11H15NO3.C3H5BrO2.CO2/c1-14(31-2)18-8-4-7-17(25-18)12-30-13-21(28-29-30)20-10-19(26-22(24)27-20)16-6-3-5-15(9-16)11-23;1-11(16)13-9-7-8-12(15-13)10-17-18(5,6)14(2,3)4;1-2-11-7-12(17-13(15)16-11)10-5-3-4-9(6-10)8-14;1-8(16)7-17-9(2)11-5-3-4-10(14-11)6-13-15-12;1-8(14)7-15-9(2)11-5-3-4-10(6-13)12-11;1-6-3(5)2-4;2-1-3/h3-10,13-14H,12H2,1-2H3,(H2,24,26,27);7-9,11,16H,10H2,1-6H3;1,3-7H,(H2,15,16,17);3-5,9H,6-7H2,1-2H3;3-5,9,13H,6-7H2,1-2H3;2H2,1H3;. The fourth-order valence-electron chi connectivity index (χ4n) is 8.24. The number of aromatic nitrogens is 11. The van der Waals surface area contributed by atoms with E-state index in [1.807, 2.05) is 93.6 Å². The molecular weight excluding hydrogens is 1450 g/mol. The van der Waals surface area contributed by atoms with Gasteiger partial charge in [0.05, 0.1) is 144 Å². The van der Waals surface area contributed by atoms with E-state index in [0.717, 1.165) is 39.6 Å². The molecule has 2 aromatic carbocycles. The molecule has 0 radical (unpaired) electrons. The van der Waals surface area contributed by atoms with Crippen molar-refractivity contribution in [1.29, 1.82) is 10.5 Å². The number of hydrogen-bond donors (Lipinski definition) is 4. The van der Waals surface area contributed by atoms with Crippen LogP contribution in [0.1, 0.15) is 149 Å². The number of anilines is 2. The predicted molar refractivity (Wildman–Crippen MR) is 404 cm³/mol. The van der Waals surface area contributed by atoms with E-state index in [2.05, 4.69) is 133 Å². The van der Waals surface area contributed by atoms with Crippen LogP contribution in [0.15, 0.2) is 145 Å². The molecule has 7 aromatic heterocycles. The number of halogens is 1. The summed E-state index contributed by atoms with van der Waals surface area (Å²) in [5.74, 6) is 2.37. The maximum Gasteiger partial charge on any atom is 0.373 e. The lowest BCUT2D eigenvalue weighted by Gasteiger charge is -2.36. The molecule has 0 spiro atoms. The number of nitriles is 2. The van der Waals surface area contributed by atoms with Gasteiger partial charge in [-0.05, 0) is 150 Å². The molecule has 0 saturated heterocycles. The van der Waals surface area contributed by atoms with Crippen molar-refractivity contribution in [3.63, 3.8) is 0 Å². The highest BCUT2D eigenvalue weighted by atomic mass is 79.9. The van der Waals surface area contributed by atoms with Crippen LogP contribution in [0.25, 0.3) is 44.3 Å². The fraction of sp³-hybridized carbons (Fsp3) is 0.333. The second kappa shape index (κ2) is 47.0. The Morgan fingerprint density at radius 3 is 1.59 bits per heavy atom. The molecule has 32 heteroatoms. The van der Waals surface area contributed by atoms with Crippen LogP contribution in [0.4, 0.5) is 11.9 Å². The van der Waals surface area contributed by atoms with Crippen LogP contribution in [-0.4, -0.2) is 130 Å². The quantitative estimate of drug-likeness (QED) is 0.00879. The zero-order valence-corrected chi connectivity index (χ0v) is 64.4. The summed E-state index contributed by atoms with van der Waals surface area (Å²) in [6.07, 6.45) is 6.19. The largest absolute Gasteiger partial charge is 0.468 e. The Morgan fingerprint density at radius 1 is 0.664 bits per heavy atom.